The van der Waals surface area contributed by atoms with E-state index in [9.17, 15) is 19.5 Å². The van der Waals surface area contributed by atoms with Gasteiger partial charge >= 0.3 is 12.0 Å². The second-order valence-electron chi connectivity index (χ2n) is 7.51. The van der Waals surface area contributed by atoms with E-state index < -0.39 is 17.4 Å². The molecule has 1 saturated carbocycles. The van der Waals surface area contributed by atoms with Gasteiger partial charge < -0.3 is 20.6 Å². The first-order chi connectivity index (χ1) is 11.9. The number of likely N-dealkylation sites (tertiary alicyclic amines) is 1. The van der Waals surface area contributed by atoms with Crippen molar-refractivity contribution in [3.63, 3.8) is 0 Å². The highest BCUT2D eigenvalue weighted by atomic mass is 16.4. The molecule has 0 spiro atoms. The van der Waals surface area contributed by atoms with Crippen LogP contribution in [0.5, 0.6) is 0 Å². The van der Waals surface area contributed by atoms with Crippen molar-refractivity contribution in [2.45, 2.75) is 64.3 Å². The molecular weight excluding hydrogens is 322 g/mol. The molecule has 1 aliphatic carbocycles. The van der Waals surface area contributed by atoms with Gasteiger partial charge in [0.25, 0.3) is 0 Å². The van der Waals surface area contributed by atoms with Gasteiger partial charge in [0.15, 0.2) is 0 Å². The van der Waals surface area contributed by atoms with Gasteiger partial charge in [-0.05, 0) is 25.2 Å². The number of aliphatic carboxylic acids is 1. The summed E-state index contributed by atoms with van der Waals surface area (Å²) in [4.78, 5) is 38.4. The summed E-state index contributed by atoms with van der Waals surface area (Å²) < 4.78 is 0. The number of rotatable bonds is 6. The zero-order valence-corrected chi connectivity index (χ0v) is 15.3. The van der Waals surface area contributed by atoms with Gasteiger partial charge in [0.1, 0.15) is 5.54 Å². The molecule has 2 fully saturated rings. The average Bonchev–Trinajstić information content (AvgIpc) is 2.97. The fourth-order valence-electron chi connectivity index (χ4n) is 3.94. The van der Waals surface area contributed by atoms with Crippen LogP contribution in [-0.2, 0) is 9.59 Å². The van der Waals surface area contributed by atoms with E-state index in [2.05, 4.69) is 17.6 Å². The summed E-state index contributed by atoms with van der Waals surface area (Å²) in [7, 11) is 0. The minimum Gasteiger partial charge on any atom is -0.481 e. The maximum Gasteiger partial charge on any atom is 0.315 e. The lowest BCUT2D eigenvalue weighted by Gasteiger charge is -2.39. The predicted molar refractivity (Wildman–Crippen MR) is 94.1 cm³/mol. The molecule has 0 aromatic carbocycles. The molecule has 7 heteroatoms. The number of urea groups is 1. The summed E-state index contributed by atoms with van der Waals surface area (Å²) in [5.74, 6) is -1.57. The molecule has 0 bridgehead atoms. The van der Waals surface area contributed by atoms with Gasteiger partial charge in [0.05, 0.1) is 5.92 Å². The highest BCUT2D eigenvalue weighted by Crippen LogP contribution is 2.33. The summed E-state index contributed by atoms with van der Waals surface area (Å²) >= 11 is 0. The second-order valence-corrected chi connectivity index (χ2v) is 7.51. The standard InChI is InChI=1S/C18H31N3O4/c1-3-4-10-19-17(25)20-18(8-6-5-7-9-18)16(24)21-11-13(2)14(12-21)15(22)23/h13-14H,3-12H2,1-2H3,(H,22,23)(H2,19,20,25)/t13-,14-/m1/s1. The Morgan fingerprint density at radius 2 is 1.84 bits per heavy atom. The Hall–Kier alpha value is -1.79. The number of carboxylic acid groups (broad SMARTS) is 1. The van der Waals surface area contributed by atoms with Crippen LogP contribution in [0.4, 0.5) is 4.79 Å². The number of unbranched alkanes of at least 4 members (excludes halogenated alkanes) is 1. The summed E-state index contributed by atoms with van der Waals surface area (Å²) in [6.45, 7) is 5.19. The molecule has 1 heterocycles. The van der Waals surface area contributed by atoms with Crippen molar-refractivity contribution < 1.29 is 19.5 Å². The molecule has 25 heavy (non-hydrogen) atoms. The average molecular weight is 353 g/mol. The highest BCUT2D eigenvalue weighted by Gasteiger charge is 2.47. The minimum absolute atomic E-state index is 0.0690. The summed E-state index contributed by atoms with van der Waals surface area (Å²) in [5, 5.41) is 15.1. The van der Waals surface area contributed by atoms with E-state index in [-0.39, 0.29) is 24.4 Å². The Bertz CT molecular complexity index is 503. The molecule has 2 aliphatic rings. The zero-order chi connectivity index (χ0) is 18.4. The van der Waals surface area contributed by atoms with Gasteiger partial charge in [0.2, 0.25) is 5.91 Å². The van der Waals surface area contributed by atoms with Crippen LogP contribution in [0.25, 0.3) is 0 Å². The number of carbonyl (C=O) groups is 3. The van der Waals surface area contributed by atoms with E-state index in [1.54, 1.807) is 4.90 Å². The van der Waals surface area contributed by atoms with Crippen LogP contribution >= 0.6 is 0 Å². The van der Waals surface area contributed by atoms with Crippen LogP contribution in [0.1, 0.15) is 58.8 Å². The quantitative estimate of drug-likeness (QED) is 0.636. The number of amides is 3. The fourth-order valence-corrected chi connectivity index (χ4v) is 3.94. The van der Waals surface area contributed by atoms with Gasteiger partial charge in [-0.25, -0.2) is 4.79 Å². The molecule has 0 aromatic heterocycles. The molecule has 1 saturated heterocycles. The smallest absolute Gasteiger partial charge is 0.315 e. The Morgan fingerprint density at radius 1 is 1.16 bits per heavy atom. The van der Waals surface area contributed by atoms with Crippen LogP contribution in [0, 0.1) is 11.8 Å². The summed E-state index contributed by atoms with van der Waals surface area (Å²) in [6, 6.07) is -0.300. The third-order valence-corrected chi connectivity index (χ3v) is 5.50. The number of carbonyl (C=O) groups excluding carboxylic acids is 2. The lowest BCUT2D eigenvalue weighted by molar-refractivity contribution is -0.143. The highest BCUT2D eigenvalue weighted by molar-refractivity contribution is 5.92. The van der Waals surface area contributed by atoms with Crippen LogP contribution in [-0.4, -0.2) is 53.1 Å². The van der Waals surface area contributed by atoms with Crippen molar-refractivity contribution >= 4 is 17.9 Å². The molecule has 0 unspecified atom stereocenters. The van der Waals surface area contributed by atoms with Crippen molar-refractivity contribution in [2.24, 2.45) is 11.8 Å². The first kappa shape index (κ1) is 19.5. The van der Waals surface area contributed by atoms with E-state index in [0.29, 0.717) is 25.9 Å². The van der Waals surface area contributed by atoms with Crippen molar-refractivity contribution in [2.75, 3.05) is 19.6 Å². The number of hydrogen-bond acceptors (Lipinski definition) is 3. The third kappa shape index (κ3) is 4.64. The van der Waals surface area contributed by atoms with E-state index in [4.69, 9.17) is 0 Å². The Labute approximate surface area is 149 Å². The molecular formula is C18H31N3O4. The normalized spacial score (nSPS) is 25.4. The second kappa shape index (κ2) is 8.54. The van der Waals surface area contributed by atoms with Gasteiger partial charge in [0, 0.05) is 19.6 Å². The van der Waals surface area contributed by atoms with Crippen molar-refractivity contribution in [1.29, 1.82) is 0 Å². The Kier molecular flexibility index (Phi) is 6.67. The number of nitrogens with one attached hydrogen (secondary N) is 2. The van der Waals surface area contributed by atoms with Crippen LogP contribution in [0.15, 0.2) is 0 Å². The third-order valence-electron chi connectivity index (χ3n) is 5.50. The SMILES string of the molecule is CCCCNC(=O)NC1(C(=O)N2C[C@@H](C)[C@H](C(=O)O)C2)CCCCC1. The lowest BCUT2D eigenvalue weighted by atomic mass is 9.80. The van der Waals surface area contributed by atoms with Crippen molar-refractivity contribution in [3.8, 4) is 0 Å². The number of nitrogens with zero attached hydrogens (tertiary/aromatic N) is 1. The number of carboxylic acids is 1. The maximum atomic E-state index is 13.2. The van der Waals surface area contributed by atoms with Gasteiger partial charge in [-0.2, -0.15) is 0 Å². The number of hydrogen-bond donors (Lipinski definition) is 3. The van der Waals surface area contributed by atoms with E-state index >= 15 is 0 Å². The molecule has 7 nitrogen and oxygen atoms in total. The minimum atomic E-state index is -0.887. The summed E-state index contributed by atoms with van der Waals surface area (Å²) in [6.07, 6.45) is 5.98. The van der Waals surface area contributed by atoms with E-state index in [0.717, 1.165) is 32.1 Å². The van der Waals surface area contributed by atoms with Crippen LogP contribution in [0.2, 0.25) is 0 Å². The fraction of sp³-hybridized carbons (Fsp3) is 0.833. The Morgan fingerprint density at radius 3 is 2.40 bits per heavy atom. The maximum absolute atomic E-state index is 13.2. The monoisotopic (exact) mass is 353 g/mol. The molecule has 1 aliphatic heterocycles. The van der Waals surface area contributed by atoms with E-state index in [1.165, 1.54) is 0 Å². The first-order valence-corrected chi connectivity index (χ1v) is 9.48. The van der Waals surface area contributed by atoms with Crippen molar-refractivity contribution in [3.05, 3.63) is 0 Å². The summed E-state index contributed by atoms with van der Waals surface area (Å²) in [5.41, 5.74) is -0.887. The molecule has 2 rings (SSSR count). The predicted octanol–water partition coefficient (Wildman–Crippen LogP) is 1.97. The topological polar surface area (TPSA) is 98.7 Å². The molecule has 2 atom stereocenters. The first-order valence-electron chi connectivity index (χ1n) is 9.48. The molecule has 3 N–H and O–H groups in total. The molecule has 142 valence electrons. The van der Waals surface area contributed by atoms with Crippen LogP contribution in [0.3, 0.4) is 0 Å². The Balaban J connectivity index is 2.07. The van der Waals surface area contributed by atoms with Gasteiger partial charge in [-0.1, -0.05) is 39.5 Å². The largest absolute Gasteiger partial charge is 0.481 e. The lowest BCUT2D eigenvalue weighted by Crippen LogP contribution is -2.62. The zero-order valence-electron chi connectivity index (χ0n) is 15.3. The molecule has 0 aromatic rings. The van der Waals surface area contributed by atoms with E-state index in [1.807, 2.05) is 6.92 Å². The molecule has 0 radical (unpaired) electrons. The molecule has 3 amide bonds. The van der Waals surface area contributed by atoms with Crippen molar-refractivity contribution in [1.82, 2.24) is 15.5 Å². The van der Waals surface area contributed by atoms with Gasteiger partial charge in [-0.3, -0.25) is 9.59 Å². The van der Waals surface area contributed by atoms with Crippen LogP contribution < -0.4 is 10.6 Å². The van der Waals surface area contributed by atoms with Gasteiger partial charge in [-0.15, -0.1) is 0 Å².